The SMILES string of the molecule is CCCOc1cccc(CNCCc2cccs2)c1. The van der Waals surface area contributed by atoms with Crippen molar-refractivity contribution in [2.75, 3.05) is 13.2 Å². The molecule has 102 valence electrons. The highest BCUT2D eigenvalue weighted by Gasteiger charge is 1.97. The molecule has 2 aromatic rings. The molecule has 2 rings (SSSR count). The zero-order valence-electron chi connectivity index (χ0n) is 11.4. The second-order valence-corrected chi connectivity index (χ2v) is 5.53. The van der Waals surface area contributed by atoms with Crippen LogP contribution in [0.2, 0.25) is 0 Å². The van der Waals surface area contributed by atoms with E-state index in [1.165, 1.54) is 10.4 Å². The minimum Gasteiger partial charge on any atom is -0.494 e. The van der Waals surface area contributed by atoms with E-state index >= 15 is 0 Å². The van der Waals surface area contributed by atoms with Gasteiger partial charge in [-0.2, -0.15) is 0 Å². The molecule has 3 heteroatoms. The molecule has 1 N–H and O–H groups in total. The average Bonchev–Trinajstić information content (AvgIpc) is 2.95. The van der Waals surface area contributed by atoms with Gasteiger partial charge in [0.2, 0.25) is 0 Å². The summed E-state index contributed by atoms with van der Waals surface area (Å²) in [5, 5.41) is 5.60. The van der Waals surface area contributed by atoms with Crippen molar-refractivity contribution in [3.8, 4) is 5.75 Å². The average molecular weight is 275 g/mol. The first-order chi connectivity index (χ1) is 9.38. The van der Waals surface area contributed by atoms with Gasteiger partial charge in [0.25, 0.3) is 0 Å². The van der Waals surface area contributed by atoms with Gasteiger partial charge in [0.15, 0.2) is 0 Å². The monoisotopic (exact) mass is 275 g/mol. The van der Waals surface area contributed by atoms with Gasteiger partial charge in [-0.25, -0.2) is 0 Å². The van der Waals surface area contributed by atoms with Crippen LogP contribution < -0.4 is 10.1 Å². The van der Waals surface area contributed by atoms with E-state index in [2.05, 4.69) is 48.0 Å². The van der Waals surface area contributed by atoms with E-state index in [1.807, 2.05) is 17.4 Å². The van der Waals surface area contributed by atoms with Crippen molar-refractivity contribution in [1.29, 1.82) is 0 Å². The molecule has 19 heavy (non-hydrogen) atoms. The Morgan fingerprint density at radius 1 is 1.21 bits per heavy atom. The number of ether oxygens (including phenoxy) is 1. The van der Waals surface area contributed by atoms with Crippen molar-refractivity contribution in [3.63, 3.8) is 0 Å². The lowest BCUT2D eigenvalue weighted by Gasteiger charge is -2.08. The van der Waals surface area contributed by atoms with E-state index in [9.17, 15) is 0 Å². The quantitative estimate of drug-likeness (QED) is 0.738. The molecular formula is C16H21NOS. The molecule has 0 aliphatic heterocycles. The standard InChI is InChI=1S/C16H21NOS/c1-2-10-18-15-6-3-5-14(12-15)13-17-9-8-16-7-4-11-19-16/h3-7,11-12,17H,2,8-10,13H2,1H3. The first kappa shape index (κ1) is 14.1. The lowest BCUT2D eigenvalue weighted by atomic mass is 10.2. The highest BCUT2D eigenvalue weighted by atomic mass is 32.1. The summed E-state index contributed by atoms with van der Waals surface area (Å²) < 4.78 is 5.63. The number of thiophene rings is 1. The van der Waals surface area contributed by atoms with E-state index in [1.54, 1.807) is 0 Å². The van der Waals surface area contributed by atoms with E-state index in [0.717, 1.165) is 38.3 Å². The van der Waals surface area contributed by atoms with E-state index in [0.29, 0.717) is 0 Å². The molecule has 0 aliphatic rings. The molecule has 2 nitrogen and oxygen atoms in total. The normalized spacial score (nSPS) is 10.6. The molecule has 1 heterocycles. The summed E-state index contributed by atoms with van der Waals surface area (Å²) in [7, 11) is 0. The van der Waals surface area contributed by atoms with E-state index < -0.39 is 0 Å². The first-order valence-electron chi connectivity index (χ1n) is 6.83. The molecule has 0 saturated heterocycles. The summed E-state index contributed by atoms with van der Waals surface area (Å²) in [5.41, 5.74) is 1.28. The lowest BCUT2D eigenvalue weighted by Crippen LogP contribution is -2.16. The fraction of sp³-hybridized carbons (Fsp3) is 0.375. The van der Waals surface area contributed by atoms with Crippen molar-refractivity contribution >= 4 is 11.3 Å². The zero-order chi connectivity index (χ0) is 13.3. The van der Waals surface area contributed by atoms with Crippen LogP contribution in [0.3, 0.4) is 0 Å². The number of hydrogen-bond acceptors (Lipinski definition) is 3. The zero-order valence-corrected chi connectivity index (χ0v) is 12.2. The predicted molar refractivity (Wildman–Crippen MR) is 82.0 cm³/mol. The van der Waals surface area contributed by atoms with Crippen LogP contribution in [0.4, 0.5) is 0 Å². The largest absolute Gasteiger partial charge is 0.494 e. The van der Waals surface area contributed by atoms with E-state index in [-0.39, 0.29) is 0 Å². The van der Waals surface area contributed by atoms with Crippen molar-refractivity contribution < 1.29 is 4.74 Å². The van der Waals surface area contributed by atoms with Gasteiger partial charge in [-0.05, 0) is 42.0 Å². The van der Waals surface area contributed by atoms with Crippen LogP contribution in [0.1, 0.15) is 23.8 Å². The maximum Gasteiger partial charge on any atom is 0.119 e. The summed E-state index contributed by atoms with van der Waals surface area (Å²) in [6.45, 7) is 4.82. The van der Waals surface area contributed by atoms with Gasteiger partial charge in [0, 0.05) is 18.0 Å². The molecule has 0 saturated carbocycles. The van der Waals surface area contributed by atoms with Gasteiger partial charge < -0.3 is 10.1 Å². The molecule has 0 spiro atoms. The molecule has 1 aromatic heterocycles. The summed E-state index contributed by atoms with van der Waals surface area (Å²) in [4.78, 5) is 1.44. The molecule has 0 radical (unpaired) electrons. The van der Waals surface area contributed by atoms with Crippen LogP contribution in [0.5, 0.6) is 5.75 Å². The first-order valence-corrected chi connectivity index (χ1v) is 7.71. The summed E-state index contributed by atoms with van der Waals surface area (Å²) in [5.74, 6) is 0.972. The smallest absolute Gasteiger partial charge is 0.119 e. The van der Waals surface area contributed by atoms with Crippen molar-refractivity contribution in [2.45, 2.75) is 26.3 Å². The Kier molecular flexibility index (Phi) is 5.92. The lowest BCUT2D eigenvalue weighted by molar-refractivity contribution is 0.317. The van der Waals surface area contributed by atoms with Gasteiger partial charge in [0.05, 0.1) is 6.61 Å². The highest BCUT2D eigenvalue weighted by molar-refractivity contribution is 7.09. The van der Waals surface area contributed by atoms with Gasteiger partial charge >= 0.3 is 0 Å². The maximum absolute atomic E-state index is 5.63. The van der Waals surface area contributed by atoms with Crippen molar-refractivity contribution in [2.24, 2.45) is 0 Å². The van der Waals surface area contributed by atoms with Gasteiger partial charge in [-0.1, -0.05) is 25.1 Å². The molecule has 0 bridgehead atoms. The van der Waals surface area contributed by atoms with Gasteiger partial charge in [-0.3, -0.25) is 0 Å². The molecule has 0 fully saturated rings. The summed E-state index contributed by atoms with van der Waals surface area (Å²) in [6, 6.07) is 12.6. The van der Waals surface area contributed by atoms with Gasteiger partial charge in [0.1, 0.15) is 5.75 Å². The minimum absolute atomic E-state index is 0.787. The fourth-order valence-electron chi connectivity index (χ4n) is 1.86. The third kappa shape index (κ3) is 5.05. The second-order valence-electron chi connectivity index (χ2n) is 4.50. The number of rotatable bonds is 8. The van der Waals surface area contributed by atoms with Crippen LogP contribution in [0, 0.1) is 0 Å². The third-order valence-electron chi connectivity index (χ3n) is 2.83. The maximum atomic E-state index is 5.63. The Morgan fingerprint density at radius 2 is 2.16 bits per heavy atom. The molecule has 0 aliphatic carbocycles. The number of benzene rings is 1. The van der Waals surface area contributed by atoms with Crippen LogP contribution >= 0.6 is 11.3 Å². The highest BCUT2D eigenvalue weighted by Crippen LogP contribution is 2.13. The van der Waals surface area contributed by atoms with Gasteiger partial charge in [-0.15, -0.1) is 11.3 Å². The van der Waals surface area contributed by atoms with Crippen LogP contribution in [-0.4, -0.2) is 13.2 Å². The molecular weight excluding hydrogens is 254 g/mol. The van der Waals surface area contributed by atoms with Crippen LogP contribution in [-0.2, 0) is 13.0 Å². The Labute approximate surface area is 119 Å². The van der Waals surface area contributed by atoms with Crippen molar-refractivity contribution in [1.82, 2.24) is 5.32 Å². The third-order valence-corrected chi connectivity index (χ3v) is 3.76. The Hall–Kier alpha value is -1.32. The number of hydrogen-bond donors (Lipinski definition) is 1. The summed E-state index contributed by atoms with van der Waals surface area (Å²) in [6.07, 6.45) is 2.15. The Bertz CT molecular complexity index is 467. The summed E-state index contributed by atoms with van der Waals surface area (Å²) >= 11 is 1.82. The predicted octanol–water partition coefficient (Wildman–Crippen LogP) is 3.87. The molecule has 0 atom stereocenters. The van der Waals surface area contributed by atoms with Crippen LogP contribution in [0.15, 0.2) is 41.8 Å². The van der Waals surface area contributed by atoms with Crippen molar-refractivity contribution in [3.05, 3.63) is 52.2 Å². The minimum atomic E-state index is 0.787. The Morgan fingerprint density at radius 3 is 2.95 bits per heavy atom. The fourth-order valence-corrected chi connectivity index (χ4v) is 2.57. The Balaban J connectivity index is 1.73. The van der Waals surface area contributed by atoms with Crippen LogP contribution in [0.25, 0.3) is 0 Å². The number of nitrogens with one attached hydrogen (secondary N) is 1. The topological polar surface area (TPSA) is 21.3 Å². The second kappa shape index (κ2) is 7.97. The molecule has 0 amide bonds. The molecule has 0 unspecified atom stereocenters. The van der Waals surface area contributed by atoms with E-state index in [4.69, 9.17) is 4.74 Å². The molecule has 1 aromatic carbocycles.